The van der Waals surface area contributed by atoms with E-state index < -0.39 is 12.2 Å². The number of ether oxygens (including phenoxy) is 1. The van der Waals surface area contributed by atoms with Crippen LogP contribution in [0.25, 0.3) is 11.3 Å². The number of aryl methyl sites for hydroxylation is 2. The molecule has 1 N–H and O–H groups in total. The average molecular weight is 390 g/mol. The summed E-state index contributed by atoms with van der Waals surface area (Å²) in [6.45, 7) is 7.80. The summed E-state index contributed by atoms with van der Waals surface area (Å²) in [6, 6.07) is 3.20. The minimum Gasteiger partial charge on any atom is -0.493 e. The minimum atomic E-state index is -4.33. The lowest BCUT2D eigenvalue weighted by molar-refractivity contribution is -0.138. The Bertz CT molecular complexity index is 759. The second-order valence-corrected chi connectivity index (χ2v) is 6.21. The highest BCUT2D eigenvalue weighted by Gasteiger charge is 2.36. The van der Waals surface area contributed by atoms with E-state index in [1.165, 1.54) is 0 Å². The van der Waals surface area contributed by atoms with E-state index in [-0.39, 0.29) is 0 Å². The first-order chi connectivity index (χ1) is 12.2. The molecule has 1 aromatic heterocycles. The number of rotatable bonds is 7. The van der Waals surface area contributed by atoms with E-state index in [0.717, 1.165) is 12.6 Å². The molecule has 0 saturated carbocycles. The predicted octanol–water partition coefficient (Wildman–Crippen LogP) is 5.55. The van der Waals surface area contributed by atoms with E-state index in [2.05, 4.69) is 10.4 Å². The van der Waals surface area contributed by atoms with Crippen molar-refractivity contribution in [3.05, 3.63) is 28.9 Å². The first-order valence-corrected chi connectivity index (χ1v) is 8.96. The molecule has 0 spiro atoms. The van der Waals surface area contributed by atoms with Crippen molar-refractivity contribution in [2.75, 3.05) is 11.9 Å². The SMILES string of the molecule is CCOc1cc(N[C@H](C)C(F)(F)F)ccc1-c1c(Cl)c(CC)nn1CC. The van der Waals surface area contributed by atoms with Crippen LogP contribution in [-0.2, 0) is 13.0 Å². The Morgan fingerprint density at radius 3 is 2.50 bits per heavy atom. The van der Waals surface area contributed by atoms with E-state index in [1.54, 1.807) is 22.9 Å². The first kappa shape index (κ1) is 20.4. The van der Waals surface area contributed by atoms with Gasteiger partial charge in [-0.25, -0.2) is 0 Å². The second kappa shape index (κ2) is 8.20. The number of hydrogen-bond acceptors (Lipinski definition) is 3. The average Bonchev–Trinajstić information content (AvgIpc) is 2.90. The molecule has 0 unspecified atom stereocenters. The summed E-state index contributed by atoms with van der Waals surface area (Å²) < 4.78 is 45.9. The molecule has 26 heavy (non-hydrogen) atoms. The van der Waals surface area contributed by atoms with Crippen LogP contribution in [0.4, 0.5) is 18.9 Å². The first-order valence-electron chi connectivity index (χ1n) is 8.58. The molecule has 1 aromatic carbocycles. The fourth-order valence-electron chi connectivity index (χ4n) is 2.62. The molecule has 0 aliphatic heterocycles. The third-order valence-electron chi connectivity index (χ3n) is 4.01. The molecule has 4 nitrogen and oxygen atoms in total. The Labute approximate surface area is 156 Å². The Morgan fingerprint density at radius 1 is 1.27 bits per heavy atom. The lowest BCUT2D eigenvalue weighted by atomic mass is 10.1. The smallest absolute Gasteiger partial charge is 0.408 e. The number of halogens is 4. The quantitative estimate of drug-likeness (QED) is 0.675. The molecule has 0 aliphatic carbocycles. The van der Waals surface area contributed by atoms with Gasteiger partial charge in [-0.2, -0.15) is 18.3 Å². The summed E-state index contributed by atoms with van der Waals surface area (Å²) in [4.78, 5) is 0. The van der Waals surface area contributed by atoms with Gasteiger partial charge in [0.15, 0.2) is 0 Å². The Hall–Kier alpha value is -1.89. The van der Waals surface area contributed by atoms with Gasteiger partial charge in [0.05, 0.1) is 23.0 Å². The summed E-state index contributed by atoms with van der Waals surface area (Å²) in [5, 5.41) is 7.49. The highest BCUT2D eigenvalue weighted by Crippen LogP contribution is 2.39. The van der Waals surface area contributed by atoms with E-state index in [9.17, 15) is 13.2 Å². The zero-order chi connectivity index (χ0) is 19.5. The van der Waals surface area contributed by atoms with Crippen LogP contribution in [0.3, 0.4) is 0 Å². The zero-order valence-corrected chi connectivity index (χ0v) is 16.0. The minimum absolute atomic E-state index is 0.330. The number of nitrogens with one attached hydrogen (secondary N) is 1. The topological polar surface area (TPSA) is 39.1 Å². The highest BCUT2D eigenvalue weighted by atomic mass is 35.5. The van der Waals surface area contributed by atoms with Crippen molar-refractivity contribution >= 4 is 17.3 Å². The van der Waals surface area contributed by atoms with Crippen LogP contribution in [0.15, 0.2) is 18.2 Å². The molecule has 8 heteroatoms. The van der Waals surface area contributed by atoms with Crippen molar-refractivity contribution in [3.63, 3.8) is 0 Å². The van der Waals surface area contributed by atoms with Crippen molar-refractivity contribution in [2.45, 2.75) is 52.9 Å². The molecule has 1 heterocycles. The Morgan fingerprint density at radius 2 is 1.96 bits per heavy atom. The van der Waals surface area contributed by atoms with Gasteiger partial charge in [-0.05, 0) is 39.3 Å². The Kier molecular flexibility index (Phi) is 6.44. The number of hydrogen-bond donors (Lipinski definition) is 1. The second-order valence-electron chi connectivity index (χ2n) is 5.83. The number of benzene rings is 1. The van der Waals surface area contributed by atoms with Crippen LogP contribution in [0.5, 0.6) is 5.75 Å². The molecular formula is C18H23ClF3N3O. The molecule has 0 amide bonds. The molecule has 0 fully saturated rings. The summed E-state index contributed by atoms with van der Waals surface area (Å²) in [5.74, 6) is 0.464. The molecule has 2 aromatic rings. The number of aromatic nitrogens is 2. The molecule has 0 bridgehead atoms. The van der Waals surface area contributed by atoms with Crippen LogP contribution in [0.2, 0.25) is 5.02 Å². The van der Waals surface area contributed by atoms with Gasteiger partial charge >= 0.3 is 6.18 Å². The highest BCUT2D eigenvalue weighted by molar-refractivity contribution is 6.33. The fourth-order valence-corrected chi connectivity index (χ4v) is 2.99. The number of anilines is 1. The summed E-state index contributed by atoms with van der Waals surface area (Å²) in [7, 11) is 0. The fraction of sp³-hybridized carbons (Fsp3) is 0.500. The number of nitrogens with zero attached hydrogens (tertiary/aromatic N) is 2. The van der Waals surface area contributed by atoms with Gasteiger partial charge in [0.25, 0.3) is 0 Å². The van der Waals surface area contributed by atoms with Crippen molar-refractivity contribution < 1.29 is 17.9 Å². The van der Waals surface area contributed by atoms with Crippen molar-refractivity contribution in [3.8, 4) is 17.0 Å². The molecule has 0 saturated heterocycles. The maximum absolute atomic E-state index is 12.8. The van der Waals surface area contributed by atoms with Gasteiger partial charge in [-0.3, -0.25) is 4.68 Å². The molecule has 0 aliphatic rings. The third kappa shape index (κ3) is 4.26. The van der Waals surface area contributed by atoms with Crippen molar-refractivity contribution in [1.82, 2.24) is 9.78 Å². The predicted molar refractivity (Wildman–Crippen MR) is 98.0 cm³/mol. The normalized spacial score (nSPS) is 12.9. The zero-order valence-electron chi connectivity index (χ0n) is 15.2. The maximum atomic E-state index is 12.8. The van der Waals surface area contributed by atoms with Crippen LogP contribution in [0, 0.1) is 0 Å². The van der Waals surface area contributed by atoms with Gasteiger partial charge in [0, 0.05) is 23.9 Å². The van der Waals surface area contributed by atoms with Gasteiger partial charge in [-0.15, -0.1) is 0 Å². The van der Waals surface area contributed by atoms with Crippen molar-refractivity contribution in [1.29, 1.82) is 0 Å². The van der Waals surface area contributed by atoms with Gasteiger partial charge in [-0.1, -0.05) is 18.5 Å². The number of alkyl halides is 3. The molecule has 144 valence electrons. The molecular weight excluding hydrogens is 367 g/mol. The summed E-state index contributed by atoms with van der Waals surface area (Å²) >= 11 is 6.50. The van der Waals surface area contributed by atoms with Crippen LogP contribution in [-0.4, -0.2) is 28.6 Å². The third-order valence-corrected chi connectivity index (χ3v) is 4.40. The monoisotopic (exact) mass is 389 g/mol. The maximum Gasteiger partial charge on any atom is 0.408 e. The van der Waals surface area contributed by atoms with E-state index in [4.69, 9.17) is 16.3 Å². The molecule has 0 radical (unpaired) electrons. The van der Waals surface area contributed by atoms with E-state index >= 15 is 0 Å². The van der Waals surface area contributed by atoms with Crippen LogP contribution < -0.4 is 10.1 Å². The van der Waals surface area contributed by atoms with Gasteiger partial charge in [0.1, 0.15) is 11.8 Å². The van der Waals surface area contributed by atoms with E-state index in [1.807, 2.05) is 20.8 Å². The summed E-state index contributed by atoms with van der Waals surface area (Å²) in [5.41, 5.74) is 2.52. The summed E-state index contributed by atoms with van der Waals surface area (Å²) in [6.07, 6.45) is -3.64. The van der Waals surface area contributed by atoms with Crippen molar-refractivity contribution in [2.24, 2.45) is 0 Å². The van der Waals surface area contributed by atoms with Gasteiger partial charge in [0.2, 0.25) is 0 Å². The standard InChI is InChI=1S/C18H23ClF3N3O/c1-5-14-16(19)17(25(6-2)24-14)13-9-8-12(10-15(13)26-7-3)23-11(4)18(20,21)22/h8-11,23H,5-7H2,1-4H3/t11-/m1/s1. The molecule has 1 atom stereocenters. The van der Waals surface area contributed by atoms with Gasteiger partial charge < -0.3 is 10.1 Å². The molecule has 2 rings (SSSR count). The van der Waals surface area contributed by atoms with Crippen LogP contribution >= 0.6 is 11.6 Å². The van der Waals surface area contributed by atoms with E-state index in [0.29, 0.717) is 47.3 Å². The Balaban J connectivity index is 2.49. The lowest BCUT2D eigenvalue weighted by Gasteiger charge is -2.20. The lowest BCUT2D eigenvalue weighted by Crippen LogP contribution is -2.33. The van der Waals surface area contributed by atoms with Crippen LogP contribution in [0.1, 0.15) is 33.4 Å². The largest absolute Gasteiger partial charge is 0.493 e.